The van der Waals surface area contributed by atoms with Crippen molar-refractivity contribution in [1.82, 2.24) is 4.90 Å². The number of benzene rings is 1. The third-order valence-electron chi connectivity index (χ3n) is 2.78. The molecule has 1 aromatic rings. The van der Waals surface area contributed by atoms with Crippen LogP contribution in [0.4, 0.5) is 0 Å². The lowest BCUT2D eigenvalue weighted by Crippen LogP contribution is -2.34. The van der Waals surface area contributed by atoms with Crippen molar-refractivity contribution in [3.8, 4) is 11.5 Å². The summed E-state index contributed by atoms with van der Waals surface area (Å²) < 4.78 is 0. The van der Waals surface area contributed by atoms with Gasteiger partial charge in [0.15, 0.2) is 0 Å². The summed E-state index contributed by atoms with van der Waals surface area (Å²) in [4.78, 5) is 14.0. The number of carbonyl (C=O) groups excluding carboxylic acids is 1. The molecule has 4 nitrogen and oxygen atoms in total. The Labute approximate surface area is 108 Å². The predicted molar refractivity (Wildman–Crippen MR) is 67.6 cm³/mol. The number of phenolic OH excluding ortho intramolecular Hbond substituents is 2. The molecule has 0 saturated heterocycles. The van der Waals surface area contributed by atoms with Crippen molar-refractivity contribution in [1.29, 1.82) is 0 Å². The number of halogens is 1. The van der Waals surface area contributed by atoms with Crippen molar-refractivity contribution in [2.75, 3.05) is 11.9 Å². The Kier molecular flexibility index (Phi) is 3.57. The van der Waals surface area contributed by atoms with Crippen LogP contribution < -0.4 is 0 Å². The topological polar surface area (TPSA) is 60.8 Å². The van der Waals surface area contributed by atoms with Gasteiger partial charge in [0.25, 0.3) is 5.91 Å². The van der Waals surface area contributed by atoms with Crippen molar-refractivity contribution in [3.05, 3.63) is 23.8 Å². The van der Waals surface area contributed by atoms with Crippen molar-refractivity contribution in [2.45, 2.75) is 18.9 Å². The molecule has 0 aromatic heterocycles. The molecule has 1 aliphatic rings. The monoisotopic (exact) mass is 299 g/mol. The lowest BCUT2D eigenvalue weighted by molar-refractivity contribution is 0.0751. The van der Waals surface area contributed by atoms with E-state index in [1.165, 1.54) is 18.2 Å². The average molecular weight is 300 g/mol. The van der Waals surface area contributed by atoms with Gasteiger partial charge >= 0.3 is 0 Å². The molecule has 92 valence electrons. The molecule has 1 amide bonds. The Morgan fingerprint density at radius 2 is 2.12 bits per heavy atom. The summed E-state index contributed by atoms with van der Waals surface area (Å²) in [5.41, 5.74) is 0.165. The molecule has 0 radical (unpaired) electrons. The highest BCUT2D eigenvalue weighted by Gasteiger charge is 2.33. The van der Waals surface area contributed by atoms with Crippen LogP contribution in [-0.4, -0.2) is 38.9 Å². The zero-order chi connectivity index (χ0) is 12.4. The first kappa shape index (κ1) is 12.2. The SMILES string of the molecule is O=C(c1cc(O)ccc1O)N(CCBr)C1CC1. The van der Waals surface area contributed by atoms with Gasteiger partial charge in [0, 0.05) is 17.9 Å². The Hall–Kier alpha value is -1.23. The lowest BCUT2D eigenvalue weighted by Gasteiger charge is -2.21. The predicted octanol–water partition coefficient (Wildman–Crippen LogP) is 2.10. The molecule has 2 N–H and O–H groups in total. The summed E-state index contributed by atoms with van der Waals surface area (Å²) in [5.74, 6) is -0.325. The minimum atomic E-state index is -0.222. The molecule has 1 fully saturated rings. The van der Waals surface area contributed by atoms with Gasteiger partial charge in [-0.1, -0.05) is 15.9 Å². The van der Waals surface area contributed by atoms with Gasteiger partial charge in [-0.15, -0.1) is 0 Å². The summed E-state index contributed by atoms with van der Waals surface area (Å²) in [7, 11) is 0. The van der Waals surface area contributed by atoms with Gasteiger partial charge in [0.05, 0.1) is 5.56 Å². The molecular weight excluding hydrogens is 286 g/mol. The van der Waals surface area contributed by atoms with E-state index in [1.807, 2.05) is 0 Å². The number of nitrogens with zero attached hydrogens (tertiary/aromatic N) is 1. The van der Waals surface area contributed by atoms with Crippen molar-refractivity contribution in [3.63, 3.8) is 0 Å². The number of hydrogen-bond acceptors (Lipinski definition) is 3. The summed E-state index contributed by atoms with van der Waals surface area (Å²) in [6.45, 7) is 0.610. The van der Waals surface area contributed by atoms with Crippen LogP contribution >= 0.6 is 15.9 Å². The summed E-state index contributed by atoms with van der Waals surface area (Å²) >= 11 is 3.31. The van der Waals surface area contributed by atoms with Gasteiger partial charge in [0.2, 0.25) is 0 Å². The number of hydrogen-bond donors (Lipinski definition) is 2. The second kappa shape index (κ2) is 4.96. The van der Waals surface area contributed by atoms with Crippen LogP contribution in [0.3, 0.4) is 0 Å². The second-order valence-electron chi connectivity index (χ2n) is 4.12. The molecule has 0 aliphatic heterocycles. The molecule has 17 heavy (non-hydrogen) atoms. The van der Waals surface area contributed by atoms with Gasteiger partial charge < -0.3 is 15.1 Å². The first-order valence-electron chi connectivity index (χ1n) is 5.52. The number of amides is 1. The Bertz CT molecular complexity index is 432. The smallest absolute Gasteiger partial charge is 0.258 e. The van der Waals surface area contributed by atoms with Crippen LogP contribution in [-0.2, 0) is 0 Å². The molecule has 0 unspecified atom stereocenters. The van der Waals surface area contributed by atoms with Crippen LogP contribution in [0.5, 0.6) is 11.5 Å². The van der Waals surface area contributed by atoms with E-state index in [1.54, 1.807) is 4.90 Å². The fourth-order valence-corrected chi connectivity index (χ4v) is 2.16. The Morgan fingerprint density at radius 3 is 2.71 bits per heavy atom. The zero-order valence-corrected chi connectivity index (χ0v) is 10.9. The van der Waals surface area contributed by atoms with Gasteiger partial charge in [-0.25, -0.2) is 0 Å². The van der Waals surface area contributed by atoms with E-state index in [-0.39, 0.29) is 29.0 Å². The fraction of sp³-hybridized carbons (Fsp3) is 0.417. The maximum absolute atomic E-state index is 12.2. The summed E-state index contributed by atoms with van der Waals surface area (Å²) in [6.07, 6.45) is 2.02. The average Bonchev–Trinajstić information content (AvgIpc) is 3.12. The molecular formula is C12H14BrNO3. The largest absolute Gasteiger partial charge is 0.508 e. The standard InChI is InChI=1S/C12H14BrNO3/c13-5-6-14(8-1-2-8)12(17)10-7-9(15)3-4-11(10)16/h3-4,7-8,15-16H,1-2,5-6H2. The van der Waals surface area contributed by atoms with Gasteiger partial charge in [0.1, 0.15) is 11.5 Å². The van der Waals surface area contributed by atoms with E-state index >= 15 is 0 Å². The van der Waals surface area contributed by atoms with Crippen LogP contribution in [0.1, 0.15) is 23.2 Å². The summed E-state index contributed by atoms with van der Waals surface area (Å²) in [5, 5.41) is 19.7. The van der Waals surface area contributed by atoms with E-state index in [0.29, 0.717) is 11.9 Å². The fourth-order valence-electron chi connectivity index (χ4n) is 1.78. The normalized spacial score (nSPS) is 14.6. The highest BCUT2D eigenvalue weighted by Crippen LogP contribution is 2.31. The molecule has 2 rings (SSSR count). The number of rotatable bonds is 4. The number of alkyl halides is 1. The molecule has 1 saturated carbocycles. The number of aromatic hydroxyl groups is 2. The second-order valence-corrected chi connectivity index (χ2v) is 4.91. The molecule has 1 aliphatic carbocycles. The van der Waals surface area contributed by atoms with E-state index in [4.69, 9.17) is 0 Å². The minimum Gasteiger partial charge on any atom is -0.508 e. The van der Waals surface area contributed by atoms with Gasteiger partial charge in [-0.2, -0.15) is 0 Å². The van der Waals surface area contributed by atoms with Crippen LogP contribution in [0.15, 0.2) is 18.2 Å². The van der Waals surface area contributed by atoms with E-state index < -0.39 is 0 Å². The molecule has 0 spiro atoms. The van der Waals surface area contributed by atoms with Crippen LogP contribution in [0.2, 0.25) is 0 Å². The van der Waals surface area contributed by atoms with Gasteiger partial charge in [-0.05, 0) is 31.0 Å². The molecule has 0 heterocycles. The molecule has 0 atom stereocenters. The quantitative estimate of drug-likeness (QED) is 0.661. The maximum Gasteiger partial charge on any atom is 0.258 e. The highest BCUT2D eigenvalue weighted by molar-refractivity contribution is 9.09. The van der Waals surface area contributed by atoms with Gasteiger partial charge in [-0.3, -0.25) is 4.79 Å². The van der Waals surface area contributed by atoms with E-state index in [9.17, 15) is 15.0 Å². The molecule has 0 bridgehead atoms. The minimum absolute atomic E-state index is 0.0132. The highest BCUT2D eigenvalue weighted by atomic mass is 79.9. The zero-order valence-electron chi connectivity index (χ0n) is 9.27. The number of carbonyl (C=O) groups is 1. The van der Waals surface area contributed by atoms with Crippen LogP contribution in [0.25, 0.3) is 0 Å². The van der Waals surface area contributed by atoms with Crippen molar-refractivity contribution in [2.24, 2.45) is 0 Å². The van der Waals surface area contributed by atoms with Crippen molar-refractivity contribution >= 4 is 21.8 Å². The maximum atomic E-state index is 12.2. The number of phenols is 2. The van der Waals surface area contributed by atoms with E-state index in [2.05, 4.69) is 15.9 Å². The third-order valence-corrected chi connectivity index (χ3v) is 3.14. The Balaban J connectivity index is 2.24. The lowest BCUT2D eigenvalue weighted by atomic mass is 10.1. The molecule has 5 heteroatoms. The van der Waals surface area contributed by atoms with Crippen LogP contribution in [0, 0.1) is 0 Å². The first-order valence-corrected chi connectivity index (χ1v) is 6.64. The summed E-state index contributed by atoms with van der Waals surface area (Å²) in [6, 6.07) is 4.28. The van der Waals surface area contributed by atoms with E-state index in [0.717, 1.165) is 12.8 Å². The first-order chi connectivity index (χ1) is 8.13. The Morgan fingerprint density at radius 1 is 1.41 bits per heavy atom. The van der Waals surface area contributed by atoms with Crippen molar-refractivity contribution < 1.29 is 15.0 Å². The third kappa shape index (κ3) is 2.72. The molecule has 1 aromatic carbocycles.